The lowest BCUT2D eigenvalue weighted by molar-refractivity contribution is 0.198. The van der Waals surface area contributed by atoms with E-state index in [1.807, 2.05) is 13.1 Å². The summed E-state index contributed by atoms with van der Waals surface area (Å²) in [5, 5.41) is 10.5. The van der Waals surface area contributed by atoms with Crippen LogP contribution in [-0.4, -0.2) is 50.1 Å². The van der Waals surface area contributed by atoms with Gasteiger partial charge in [-0.15, -0.1) is 0 Å². The van der Waals surface area contributed by atoms with Crippen LogP contribution in [0.3, 0.4) is 0 Å². The minimum Gasteiger partial charge on any atom is -0.385 e. The van der Waals surface area contributed by atoms with Crippen molar-refractivity contribution in [2.24, 2.45) is 4.99 Å². The first kappa shape index (κ1) is 20.2. The summed E-state index contributed by atoms with van der Waals surface area (Å²) >= 11 is 0. The van der Waals surface area contributed by atoms with E-state index in [1.165, 1.54) is 11.3 Å². The molecule has 0 spiro atoms. The molecule has 0 aliphatic carbocycles. The van der Waals surface area contributed by atoms with Gasteiger partial charge >= 0.3 is 0 Å². The monoisotopic (exact) mass is 379 g/mol. The molecule has 1 aliphatic heterocycles. The van der Waals surface area contributed by atoms with Crippen molar-refractivity contribution in [3.8, 4) is 0 Å². The first-order chi connectivity index (χ1) is 13.8. The summed E-state index contributed by atoms with van der Waals surface area (Å²) in [6.45, 7) is 5.17. The van der Waals surface area contributed by atoms with Gasteiger partial charge in [0.25, 0.3) is 0 Å². The molecule has 0 unspecified atom stereocenters. The van der Waals surface area contributed by atoms with Gasteiger partial charge < -0.3 is 16.0 Å². The molecule has 3 N–H and O–H groups in total. The fourth-order valence-corrected chi connectivity index (χ4v) is 3.55. The third kappa shape index (κ3) is 6.89. The van der Waals surface area contributed by atoms with Crippen molar-refractivity contribution >= 4 is 11.6 Å². The van der Waals surface area contributed by atoms with Gasteiger partial charge in [0.2, 0.25) is 0 Å². The van der Waals surface area contributed by atoms with E-state index in [4.69, 9.17) is 0 Å². The molecule has 1 aliphatic rings. The summed E-state index contributed by atoms with van der Waals surface area (Å²) in [6, 6.07) is 21.6. The second kappa shape index (κ2) is 11.3. The highest BCUT2D eigenvalue weighted by molar-refractivity contribution is 5.79. The Morgan fingerprint density at radius 3 is 2.32 bits per heavy atom. The van der Waals surface area contributed by atoms with Crippen LogP contribution in [0, 0.1) is 0 Å². The molecule has 2 aromatic carbocycles. The van der Waals surface area contributed by atoms with Gasteiger partial charge in [0.1, 0.15) is 0 Å². The van der Waals surface area contributed by atoms with E-state index in [9.17, 15) is 0 Å². The number of rotatable bonds is 8. The molecule has 0 amide bonds. The molecule has 0 saturated carbocycles. The average Bonchev–Trinajstić information content (AvgIpc) is 2.75. The van der Waals surface area contributed by atoms with Crippen LogP contribution < -0.4 is 16.0 Å². The number of benzene rings is 2. The Kier molecular flexibility index (Phi) is 8.19. The van der Waals surface area contributed by atoms with Gasteiger partial charge in [0.05, 0.1) is 0 Å². The topological polar surface area (TPSA) is 51.7 Å². The molecule has 28 heavy (non-hydrogen) atoms. The summed E-state index contributed by atoms with van der Waals surface area (Å²) in [4.78, 5) is 6.93. The minimum absolute atomic E-state index is 0.501. The molecular formula is C23H33N5. The van der Waals surface area contributed by atoms with E-state index >= 15 is 0 Å². The Labute approximate surface area is 169 Å². The number of piperidine rings is 1. The largest absolute Gasteiger partial charge is 0.385 e. The average molecular weight is 380 g/mol. The molecule has 3 rings (SSSR count). The number of hydrogen-bond acceptors (Lipinski definition) is 3. The summed E-state index contributed by atoms with van der Waals surface area (Å²) in [5.74, 6) is 0.918. The van der Waals surface area contributed by atoms with Gasteiger partial charge in [-0.1, -0.05) is 48.5 Å². The smallest absolute Gasteiger partial charge is 0.191 e. The van der Waals surface area contributed by atoms with Crippen molar-refractivity contribution in [2.45, 2.75) is 31.8 Å². The van der Waals surface area contributed by atoms with E-state index in [0.29, 0.717) is 6.04 Å². The molecule has 0 radical (unpaired) electrons. The maximum atomic E-state index is 4.39. The predicted octanol–water partition coefficient (Wildman–Crippen LogP) is 3.32. The molecule has 0 bridgehead atoms. The molecule has 0 atom stereocenters. The summed E-state index contributed by atoms with van der Waals surface area (Å²) in [5.41, 5.74) is 2.57. The van der Waals surface area contributed by atoms with Crippen LogP contribution in [0.2, 0.25) is 0 Å². The van der Waals surface area contributed by atoms with Crippen LogP contribution in [0.15, 0.2) is 65.7 Å². The Balaban J connectivity index is 1.30. The molecular weight excluding hydrogens is 346 g/mol. The lowest BCUT2D eigenvalue weighted by atomic mass is 10.0. The summed E-state index contributed by atoms with van der Waals surface area (Å²) in [6.07, 6.45) is 3.36. The molecule has 1 heterocycles. The predicted molar refractivity (Wildman–Crippen MR) is 119 cm³/mol. The Morgan fingerprint density at radius 2 is 1.64 bits per heavy atom. The van der Waals surface area contributed by atoms with Crippen molar-refractivity contribution in [1.82, 2.24) is 15.5 Å². The number of nitrogens with zero attached hydrogens (tertiary/aromatic N) is 2. The normalized spacial score (nSPS) is 16.0. The maximum Gasteiger partial charge on any atom is 0.191 e. The Bertz CT molecular complexity index is 693. The van der Waals surface area contributed by atoms with Crippen LogP contribution in [0.25, 0.3) is 0 Å². The van der Waals surface area contributed by atoms with Gasteiger partial charge in [0, 0.05) is 51.5 Å². The van der Waals surface area contributed by atoms with Crippen LogP contribution in [0.1, 0.15) is 24.8 Å². The number of aliphatic imine (C=N–C) groups is 1. The molecule has 150 valence electrons. The molecule has 5 heteroatoms. The van der Waals surface area contributed by atoms with E-state index in [2.05, 4.69) is 80.4 Å². The maximum absolute atomic E-state index is 4.39. The number of hydrogen-bond donors (Lipinski definition) is 3. The molecule has 5 nitrogen and oxygen atoms in total. The van der Waals surface area contributed by atoms with Crippen molar-refractivity contribution in [2.75, 3.05) is 38.5 Å². The van der Waals surface area contributed by atoms with Crippen LogP contribution in [0.4, 0.5) is 5.69 Å². The van der Waals surface area contributed by atoms with Crippen LogP contribution in [-0.2, 0) is 6.54 Å². The van der Waals surface area contributed by atoms with Crippen molar-refractivity contribution < 1.29 is 0 Å². The zero-order valence-electron chi connectivity index (χ0n) is 16.9. The highest BCUT2D eigenvalue weighted by Gasteiger charge is 2.19. The molecule has 0 aromatic heterocycles. The highest BCUT2D eigenvalue weighted by atomic mass is 15.2. The van der Waals surface area contributed by atoms with Crippen molar-refractivity contribution in [3.05, 3.63) is 66.2 Å². The van der Waals surface area contributed by atoms with Gasteiger partial charge in [-0.3, -0.25) is 9.89 Å². The molecule has 1 fully saturated rings. The second-order valence-corrected chi connectivity index (χ2v) is 7.33. The van der Waals surface area contributed by atoms with E-state index in [1.54, 1.807) is 0 Å². The first-order valence-corrected chi connectivity index (χ1v) is 10.4. The van der Waals surface area contributed by atoms with Gasteiger partial charge in [-0.2, -0.15) is 0 Å². The van der Waals surface area contributed by atoms with E-state index in [0.717, 1.165) is 57.9 Å². The zero-order valence-corrected chi connectivity index (χ0v) is 16.9. The molecule has 1 saturated heterocycles. The van der Waals surface area contributed by atoms with E-state index < -0.39 is 0 Å². The SMILES string of the molecule is CN=C(NCCCNc1ccccc1)NC1CCN(Cc2ccccc2)CC1. The third-order valence-electron chi connectivity index (χ3n) is 5.15. The number of likely N-dealkylation sites (tertiary alicyclic amines) is 1. The zero-order chi connectivity index (χ0) is 19.4. The van der Waals surface area contributed by atoms with Gasteiger partial charge in [-0.25, -0.2) is 0 Å². The molecule has 2 aromatic rings. The number of anilines is 1. The Hall–Kier alpha value is -2.53. The lowest BCUT2D eigenvalue weighted by Gasteiger charge is -2.33. The van der Waals surface area contributed by atoms with Crippen molar-refractivity contribution in [3.63, 3.8) is 0 Å². The fourth-order valence-electron chi connectivity index (χ4n) is 3.55. The lowest BCUT2D eigenvalue weighted by Crippen LogP contribution is -2.48. The number of nitrogens with one attached hydrogen (secondary N) is 3. The quantitative estimate of drug-likeness (QED) is 0.374. The third-order valence-corrected chi connectivity index (χ3v) is 5.15. The number of guanidine groups is 1. The van der Waals surface area contributed by atoms with Gasteiger partial charge in [0.15, 0.2) is 5.96 Å². The van der Waals surface area contributed by atoms with E-state index in [-0.39, 0.29) is 0 Å². The minimum atomic E-state index is 0.501. The second-order valence-electron chi connectivity index (χ2n) is 7.33. The highest BCUT2D eigenvalue weighted by Crippen LogP contribution is 2.13. The number of para-hydroxylation sites is 1. The summed E-state index contributed by atoms with van der Waals surface area (Å²) < 4.78 is 0. The summed E-state index contributed by atoms with van der Waals surface area (Å²) in [7, 11) is 1.85. The van der Waals surface area contributed by atoms with Crippen LogP contribution in [0.5, 0.6) is 0 Å². The van der Waals surface area contributed by atoms with Gasteiger partial charge in [-0.05, 0) is 37.0 Å². The standard InChI is InChI=1S/C23H33N5/c1-24-23(26-16-8-15-25-21-11-6-3-7-12-21)27-22-13-17-28(18-14-22)19-20-9-4-2-5-10-20/h2-7,9-12,22,25H,8,13-19H2,1H3,(H2,24,26,27). The van der Waals surface area contributed by atoms with Crippen molar-refractivity contribution in [1.29, 1.82) is 0 Å². The Morgan fingerprint density at radius 1 is 0.964 bits per heavy atom. The van der Waals surface area contributed by atoms with Crippen LogP contribution >= 0.6 is 0 Å². The fraction of sp³-hybridized carbons (Fsp3) is 0.435. The first-order valence-electron chi connectivity index (χ1n) is 10.4.